The first-order valence-corrected chi connectivity index (χ1v) is 12.0. The van der Waals surface area contributed by atoms with Crippen molar-refractivity contribution < 1.29 is 36.6 Å². The van der Waals surface area contributed by atoms with Crippen molar-refractivity contribution in [1.29, 1.82) is 0 Å². The van der Waals surface area contributed by atoms with Gasteiger partial charge in [-0.25, -0.2) is 8.78 Å². The number of carbonyl (C=O) groups excluding carboxylic acids is 1. The van der Waals surface area contributed by atoms with Crippen LogP contribution in [0.2, 0.25) is 0 Å². The van der Waals surface area contributed by atoms with E-state index in [9.17, 15) is 23.1 Å². The number of rotatable bonds is 3. The van der Waals surface area contributed by atoms with Crippen LogP contribution in [-0.4, -0.2) is 47.7 Å². The van der Waals surface area contributed by atoms with Gasteiger partial charge in [0.05, 0.1) is 12.6 Å². The Labute approximate surface area is 215 Å². The summed E-state index contributed by atoms with van der Waals surface area (Å²) in [6, 6.07) is 10.5. The molecule has 2 aliphatic heterocycles. The third-order valence-corrected chi connectivity index (χ3v) is 6.95. The summed E-state index contributed by atoms with van der Waals surface area (Å²) in [4.78, 5) is 17.5. The molecular weight excluding hydrogens is 509 g/mol. The van der Waals surface area contributed by atoms with E-state index >= 15 is 8.78 Å². The lowest BCUT2D eigenvalue weighted by atomic mass is 9.86. The number of alkyl halides is 5. The first kappa shape index (κ1) is 26.1. The summed E-state index contributed by atoms with van der Waals surface area (Å²) in [6.07, 6.45) is -5.65. The summed E-state index contributed by atoms with van der Waals surface area (Å²) < 4.78 is 74.5. The number of hydrogen-bond donors (Lipinski definition) is 2. The van der Waals surface area contributed by atoms with Crippen LogP contribution in [0.15, 0.2) is 54.7 Å². The van der Waals surface area contributed by atoms with Gasteiger partial charge in [0.25, 0.3) is 11.8 Å². The molecule has 3 aromatic rings. The second-order valence-electron chi connectivity index (χ2n) is 9.37. The summed E-state index contributed by atoms with van der Waals surface area (Å²) in [5, 5.41) is 13.1. The molecule has 2 aromatic carbocycles. The maximum Gasteiger partial charge on any atom is 0.433 e. The number of aliphatic hydroxyl groups excluding tert-OH is 1. The van der Waals surface area contributed by atoms with Gasteiger partial charge in [-0.1, -0.05) is 18.2 Å². The Kier molecular flexibility index (Phi) is 6.60. The van der Waals surface area contributed by atoms with E-state index in [2.05, 4.69) is 10.3 Å². The lowest BCUT2D eigenvalue weighted by Gasteiger charge is -2.44. The van der Waals surface area contributed by atoms with Gasteiger partial charge < -0.3 is 20.1 Å². The molecule has 0 aliphatic carbocycles. The molecular formula is C27H24F5N3O3. The van der Waals surface area contributed by atoms with Crippen LogP contribution >= 0.6 is 0 Å². The lowest BCUT2D eigenvalue weighted by Crippen LogP contribution is -2.55. The molecule has 3 heterocycles. The van der Waals surface area contributed by atoms with E-state index in [1.807, 2.05) is 6.92 Å². The molecule has 1 saturated heterocycles. The number of fused-ring (bicyclic) bond motifs is 3. The second-order valence-corrected chi connectivity index (χ2v) is 9.37. The van der Waals surface area contributed by atoms with Crippen molar-refractivity contribution in [1.82, 2.24) is 4.98 Å². The molecule has 2 atom stereocenters. The second kappa shape index (κ2) is 9.63. The molecule has 11 heteroatoms. The van der Waals surface area contributed by atoms with Crippen LogP contribution in [0.1, 0.15) is 39.7 Å². The number of aryl methyl sites for hydroxylation is 1. The van der Waals surface area contributed by atoms with Gasteiger partial charge in [0.15, 0.2) is 0 Å². The highest BCUT2D eigenvalue weighted by Gasteiger charge is 2.54. The predicted octanol–water partition coefficient (Wildman–Crippen LogP) is 5.61. The summed E-state index contributed by atoms with van der Waals surface area (Å²) in [5.41, 5.74) is 1.75. The number of pyridine rings is 1. The maximum atomic E-state index is 15.0. The van der Waals surface area contributed by atoms with E-state index < -0.39 is 35.8 Å². The number of benzene rings is 2. The number of aromatic nitrogens is 1. The number of hydrogen-bond acceptors (Lipinski definition) is 5. The molecule has 200 valence electrons. The highest BCUT2D eigenvalue weighted by molar-refractivity contribution is 6.04. The number of amides is 1. The van der Waals surface area contributed by atoms with Crippen molar-refractivity contribution in [2.24, 2.45) is 0 Å². The van der Waals surface area contributed by atoms with Crippen LogP contribution < -0.4 is 10.2 Å². The van der Waals surface area contributed by atoms with E-state index in [4.69, 9.17) is 4.74 Å². The zero-order valence-corrected chi connectivity index (χ0v) is 20.2. The van der Waals surface area contributed by atoms with Gasteiger partial charge in [-0.05, 0) is 60.4 Å². The molecule has 0 radical (unpaired) electrons. The number of carbonyl (C=O) groups is 1. The van der Waals surface area contributed by atoms with E-state index in [0.29, 0.717) is 28.6 Å². The number of nitrogens with zero attached hydrogens (tertiary/aromatic N) is 2. The molecule has 2 aliphatic rings. The van der Waals surface area contributed by atoms with Crippen molar-refractivity contribution in [3.8, 4) is 11.1 Å². The van der Waals surface area contributed by atoms with Gasteiger partial charge in [-0.15, -0.1) is 0 Å². The standard InChI is InChI=1S/C27H24F5N3O3/c1-15-2-4-18(34-25(37)17-6-8-33-22(13-17)27(30,31)32)14-20(15)16-3-5-19-21(12-16)35-9-11-38-10-7-23(35)26(28,29)24(19)36/h2-6,8,12-14,23-24,36H,7,9-11H2,1H3,(H,34,37)/t23-,24-/m0/s1. The molecule has 6 nitrogen and oxygen atoms in total. The van der Waals surface area contributed by atoms with Crippen LogP contribution in [0.4, 0.5) is 33.3 Å². The van der Waals surface area contributed by atoms with E-state index in [1.54, 1.807) is 35.2 Å². The van der Waals surface area contributed by atoms with Crippen molar-refractivity contribution in [3.63, 3.8) is 0 Å². The van der Waals surface area contributed by atoms with E-state index in [1.165, 1.54) is 12.1 Å². The van der Waals surface area contributed by atoms with Crippen LogP contribution in [0.3, 0.4) is 0 Å². The van der Waals surface area contributed by atoms with Gasteiger partial charge in [0, 0.05) is 41.9 Å². The van der Waals surface area contributed by atoms with E-state index in [-0.39, 0.29) is 37.3 Å². The Bertz CT molecular complexity index is 1380. The molecule has 0 saturated carbocycles. The zero-order valence-electron chi connectivity index (χ0n) is 20.2. The minimum atomic E-state index is -4.68. The fourth-order valence-corrected chi connectivity index (χ4v) is 4.98. The Balaban J connectivity index is 1.47. The molecule has 38 heavy (non-hydrogen) atoms. The number of halogens is 5. The van der Waals surface area contributed by atoms with Gasteiger partial charge in [0.1, 0.15) is 11.8 Å². The van der Waals surface area contributed by atoms with Crippen LogP contribution in [-0.2, 0) is 10.9 Å². The maximum absolute atomic E-state index is 15.0. The normalized spacial score (nSPS) is 20.8. The molecule has 5 rings (SSSR count). The molecule has 1 aromatic heterocycles. The van der Waals surface area contributed by atoms with Gasteiger partial charge in [-0.3, -0.25) is 9.78 Å². The Morgan fingerprint density at radius 1 is 1.13 bits per heavy atom. The quantitative estimate of drug-likeness (QED) is 0.429. The number of anilines is 2. The van der Waals surface area contributed by atoms with Gasteiger partial charge in [-0.2, -0.15) is 13.2 Å². The SMILES string of the molecule is Cc1ccc(NC(=O)c2ccnc(C(F)(F)F)c2)cc1-c1ccc2c(c1)N1CCOCC[C@H]1C(F)(F)[C@H]2O. The van der Waals surface area contributed by atoms with Gasteiger partial charge in [0.2, 0.25) is 0 Å². The minimum absolute atomic E-state index is 0.0688. The Hall–Kier alpha value is -3.57. The molecule has 1 amide bonds. The third-order valence-electron chi connectivity index (χ3n) is 6.95. The summed E-state index contributed by atoms with van der Waals surface area (Å²) >= 11 is 0. The van der Waals surface area contributed by atoms with Crippen molar-refractivity contribution in [2.75, 3.05) is 30.0 Å². The Morgan fingerprint density at radius 2 is 1.92 bits per heavy atom. The molecule has 0 unspecified atom stereocenters. The zero-order chi connectivity index (χ0) is 27.2. The van der Waals surface area contributed by atoms with Crippen molar-refractivity contribution in [2.45, 2.75) is 37.6 Å². The number of ether oxygens (including phenoxy) is 1. The Morgan fingerprint density at radius 3 is 2.68 bits per heavy atom. The van der Waals surface area contributed by atoms with Crippen molar-refractivity contribution >= 4 is 17.3 Å². The predicted molar refractivity (Wildman–Crippen MR) is 130 cm³/mol. The summed E-state index contributed by atoms with van der Waals surface area (Å²) in [7, 11) is 0. The summed E-state index contributed by atoms with van der Waals surface area (Å²) in [5.74, 6) is -4.09. The van der Waals surface area contributed by atoms with Crippen LogP contribution in [0.25, 0.3) is 11.1 Å². The molecule has 1 fully saturated rings. The van der Waals surface area contributed by atoms with Crippen molar-refractivity contribution in [3.05, 3.63) is 77.1 Å². The fraction of sp³-hybridized carbons (Fsp3) is 0.333. The summed E-state index contributed by atoms with van der Waals surface area (Å²) in [6.45, 7) is 2.52. The smallest absolute Gasteiger partial charge is 0.382 e. The van der Waals surface area contributed by atoms with E-state index in [0.717, 1.165) is 11.8 Å². The van der Waals surface area contributed by atoms with Crippen LogP contribution in [0.5, 0.6) is 0 Å². The highest BCUT2D eigenvalue weighted by atomic mass is 19.4. The number of nitrogens with one attached hydrogen (secondary N) is 1. The third kappa shape index (κ3) is 4.71. The average Bonchev–Trinajstić information content (AvgIpc) is 3.15. The monoisotopic (exact) mass is 533 g/mol. The molecule has 0 spiro atoms. The lowest BCUT2D eigenvalue weighted by molar-refractivity contribution is -0.141. The topological polar surface area (TPSA) is 74.7 Å². The van der Waals surface area contributed by atoms with Crippen LogP contribution in [0, 0.1) is 6.92 Å². The van der Waals surface area contributed by atoms with Gasteiger partial charge >= 0.3 is 6.18 Å². The molecule has 2 N–H and O–H groups in total. The average molecular weight is 533 g/mol. The first-order valence-electron chi connectivity index (χ1n) is 12.0. The highest BCUT2D eigenvalue weighted by Crippen LogP contribution is 2.49. The number of aliphatic hydroxyl groups is 1. The first-order chi connectivity index (χ1) is 18.0. The minimum Gasteiger partial charge on any atom is -0.382 e. The molecule has 0 bridgehead atoms. The largest absolute Gasteiger partial charge is 0.433 e. The fourth-order valence-electron chi connectivity index (χ4n) is 4.98.